The molecule has 0 bridgehead atoms. The van der Waals surface area contributed by atoms with Crippen molar-refractivity contribution in [2.24, 2.45) is 0 Å². The van der Waals surface area contributed by atoms with Gasteiger partial charge >= 0.3 is 5.97 Å². The Hall–Kier alpha value is -3.93. The number of hydrogen-bond donors (Lipinski definition) is 1. The first-order valence-corrected chi connectivity index (χ1v) is 10.1. The van der Waals surface area contributed by atoms with Crippen molar-refractivity contribution >= 4 is 29.2 Å². The van der Waals surface area contributed by atoms with E-state index < -0.39 is 5.97 Å². The molecule has 0 fully saturated rings. The van der Waals surface area contributed by atoms with Crippen LogP contribution in [0.5, 0.6) is 0 Å². The van der Waals surface area contributed by atoms with E-state index in [2.05, 4.69) is 5.32 Å². The first-order chi connectivity index (χ1) is 15.0. The average molecular weight is 414 g/mol. The second-order valence-electron chi connectivity index (χ2n) is 7.39. The third-order valence-corrected chi connectivity index (χ3v) is 5.23. The number of esters is 1. The highest BCUT2D eigenvalue weighted by Crippen LogP contribution is 2.31. The number of para-hydroxylation sites is 2. The van der Waals surface area contributed by atoms with E-state index in [0.29, 0.717) is 11.3 Å². The standard InChI is InChI=1S/C25H22N2O4/c1-17-15-19-11-5-8-14-22(19)27(17)23(28)16-31-25(30)20-12-6-7-13-21(20)26-24(29)18-9-3-2-4-10-18/h2-14,17H,15-16H2,1H3,(H,26,29). The van der Waals surface area contributed by atoms with Crippen LogP contribution in [0.3, 0.4) is 0 Å². The van der Waals surface area contributed by atoms with Crippen LogP contribution in [0.4, 0.5) is 11.4 Å². The van der Waals surface area contributed by atoms with Crippen LogP contribution in [-0.4, -0.2) is 30.4 Å². The summed E-state index contributed by atoms with van der Waals surface area (Å²) < 4.78 is 5.31. The Morgan fingerprint density at radius 1 is 0.935 bits per heavy atom. The average Bonchev–Trinajstić information content (AvgIpc) is 3.14. The van der Waals surface area contributed by atoms with Gasteiger partial charge in [0.1, 0.15) is 0 Å². The van der Waals surface area contributed by atoms with Gasteiger partial charge in [-0.1, -0.05) is 48.5 Å². The van der Waals surface area contributed by atoms with Gasteiger partial charge in [0.05, 0.1) is 11.3 Å². The largest absolute Gasteiger partial charge is 0.452 e. The predicted octanol–water partition coefficient (Wildman–Crippen LogP) is 4.07. The van der Waals surface area contributed by atoms with Gasteiger partial charge < -0.3 is 15.0 Å². The molecule has 1 atom stereocenters. The number of rotatable bonds is 5. The van der Waals surface area contributed by atoms with Crippen LogP contribution in [-0.2, 0) is 16.0 Å². The number of carbonyl (C=O) groups excluding carboxylic acids is 3. The summed E-state index contributed by atoms with van der Waals surface area (Å²) in [5, 5.41) is 2.74. The van der Waals surface area contributed by atoms with E-state index in [1.165, 1.54) is 0 Å². The summed E-state index contributed by atoms with van der Waals surface area (Å²) in [4.78, 5) is 39.6. The minimum Gasteiger partial charge on any atom is -0.452 e. The molecule has 31 heavy (non-hydrogen) atoms. The molecule has 2 amide bonds. The second kappa shape index (κ2) is 8.83. The van der Waals surface area contributed by atoms with Crippen molar-refractivity contribution in [3.05, 3.63) is 95.6 Å². The molecule has 0 radical (unpaired) electrons. The first kappa shape index (κ1) is 20.3. The summed E-state index contributed by atoms with van der Waals surface area (Å²) in [6.07, 6.45) is 0.768. The van der Waals surface area contributed by atoms with Crippen LogP contribution >= 0.6 is 0 Å². The smallest absolute Gasteiger partial charge is 0.340 e. The number of carbonyl (C=O) groups is 3. The summed E-state index contributed by atoms with van der Waals surface area (Å²) >= 11 is 0. The SMILES string of the molecule is CC1Cc2ccccc2N1C(=O)COC(=O)c1ccccc1NC(=O)c1ccccc1. The van der Waals surface area contributed by atoms with Gasteiger partial charge in [0.2, 0.25) is 0 Å². The van der Waals surface area contributed by atoms with Crippen molar-refractivity contribution in [2.45, 2.75) is 19.4 Å². The molecule has 6 nitrogen and oxygen atoms in total. The van der Waals surface area contributed by atoms with Crippen molar-refractivity contribution in [3.8, 4) is 0 Å². The van der Waals surface area contributed by atoms with Gasteiger partial charge in [-0.2, -0.15) is 0 Å². The van der Waals surface area contributed by atoms with E-state index in [4.69, 9.17) is 4.74 Å². The minimum atomic E-state index is -0.669. The highest BCUT2D eigenvalue weighted by molar-refractivity contribution is 6.08. The summed E-state index contributed by atoms with van der Waals surface area (Å²) in [6, 6.07) is 23.0. The van der Waals surface area contributed by atoms with Crippen LogP contribution in [0, 0.1) is 0 Å². The predicted molar refractivity (Wildman–Crippen MR) is 118 cm³/mol. The van der Waals surface area contributed by atoms with Gasteiger partial charge in [0.25, 0.3) is 11.8 Å². The lowest BCUT2D eigenvalue weighted by Crippen LogP contribution is -2.38. The molecule has 1 heterocycles. The summed E-state index contributed by atoms with van der Waals surface area (Å²) in [5.74, 6) is -1.28. The number of nitrogens with zero attached hydrogens (tertiary/aromatic N) is 1. The molecule has 6 heteroatoms. The number of fused-ring (bicyclic) bond motifs is 1. The number of nitrogens with one attached hydrogen (secondary N) is 1. The third kappa shape index (κ3) is 4.33. The molecule has 0 saturated carbocycles. The van der Waals surface area contributed by atoms with Crippen LogP contribution < -0.4 is 10.2 Å². The van der Waals surface area contributed by atoms with Crippen molar-refractivity contribution in [1.29, 1.82) is 0 Å². The van der Waals surface area contributed by atoms with Gasteiger partial charge in [-0.05, 0) is 49.2 Å². The number of benzene rings is 3. The first-order valence-electron chi connectivity index (χ1n) is 10.1. The fourth-order valence-corrected chi connectivity index (χ4v) is 3.77. The minimum absolute atomic E-state index is 0.000971. The van der Waals surface area contributed by atoms with E-state index in [1.54, 1.807) is 53.4 Å². The van der Waals surface area contributed by atoms with E-state index in [1.807, 2.05) is 37.3 Å². The molecule has 156 valence electrons. The maximum Gasteiger partial charge on any atom is 0.340 e. The summed E-state index contributed by atoms with van der Waals surface area (Å²) in [6.45, 7) is 1.59. The lowest BCUT2D eigenvalue weighted by Gasteiger charge is -2.22. The zero-order valence-corrected chi connectivity index (χ0v) is 17.1. The van der Waals surface area contributed by atoms with Crippen LogP contribution in [0.2, 0.25) is 0 Å². The lowest BCUT2D eigenvalue weighted by molar-refractivity contribution is -0.122. The lowest BCUT2D eigenvalue weighted by atomic mass is 10.1. The number of ether oxygens (including phenoxy) is 1. The topological polar surface area (TPSA) is 75.7 Å². The number of amides is 2. The van der Waals surface area contributed by atoms with Crippen LogP contribution in [0.1, 0.15) is 33.2 Å². The molecule has 3 aromatic carbocycles. The fourth-order valence-electron chi connectivity index (χ4n) is 3.77. The second-order valence-corrected chi connectivity index (χ2v) is 7.39. The van der Waals surface area contributed by atoms with Crippen molar-refractivity contribution in [2.75, 3.05) is 16.8 Å². The Bertz CT molecular complexity index is 1130. The number of hydrogen-bond acceptors (Lipinski definition) is 4. The highest BCUT2D eigenvalue weighted by atomic mass is 16.5. The van der Waals surface area contributed by atoms with Crippen molar-refractivity contribution in [1.82, 2.24) is 0 Å². The van der Waals surface area contributed by atoms with Gasteiger partial charge in [-0.15, -0.1) is 0 Å². The van der Waals surface area contributed by atoms with E-state index >= 15 is 0 Å². The van der Waals surface area contributed by atoms with E-state index in [0.717, 1.165) is 17.7 Å². The molecule has 3 aromatic rings. The highest BCUT2D eigenvalue weighted by Gasteiger charge is 2.31. The van der Waals surface area contributed by atoms with E-state index in [-0.39, 0.29) is 30.0 Å². The zero-order chi connectivity index (χ0) is 21.8. The molecular weight excluding hydrogens is 392 g/mol. The molecule has 0 saturated heterocycles. The summed E-state index contributed by atoms with van der Waals surface area (Å²) in [7, 11) is 0. The fraction of sp³-hybridized carbons (Fsp3) is 0.160. The van der Waals surface area contributed by atoms with Gasteiger partial charge in [0, 0.05) is 17.3 Å². The Kier molecular flexibility index (Phi) is 5.80. The normalized spacial score (nSPS) is 14.6. The third-order valence-electron chi connectivity index (χ3n) is 5.23. The van der Waals surface area contributed by atoms with Gasteiger partial charge in [-0.3, -0.25) is 9.59 Å². The number of anilines is 2. The van der Waals surface area contributed by atoms with Gasteiger partial charge in [0.15, 0.2) is 6.61 Å². The molecule has 1 unspecified atom stereocenters. The molecule has 1 aliphatic heterocycles. The zero-order valence-electron chi connectivity index (χ0n) is 17.1. The summed E-state index contributed by atoms with van der Waals surface area (Å²) in [5.41, 5.74) is 2.95. The Balaban J connectivity index is 1.44. The molecule has 1 aliphatic rings. The Labute approximate surface area is 180 Å². The molecule has 0 spiro atoms. The van der Waals surface area contributed by atoms with E-state index in [9.17, 15) is 14.4 Å². The van der Waals surface area contributed by atoms with Crippen molar-refractivity contribution in [3.63, 3.8) is 0 Å². The van der Waals surface area contributed by atoms with Crippen LogP contribution in [0.25, 0.3) is 0 Å². The molecule has 0 aliphatic carbocycles. The maximum absolute atomic E-state index is 12.8. The van der Waals surface area contributed by atoms with Crippen molar-refractivity contribution < 1.29 is 19.1 Å². The van der Waals surface area contributed by atoms with Crippen LogP contribution in [0.15, 0.2) is 78.9 Å². The molecular formula is C25H22N2O4. The molecule has 4 rings (SSSR count). The van der Waals surface area contributed by atoms with Gasteiger partial charge in [-0.25, -0.2) is 4.79 Å². The maximum atomic E-state index is 12.8. The quantitative estimate of drug-likeness (QED) is 0.639. The molecule has 1 N–H and O–H groups in total. The Morgan fingerprint density at radius 3 is 2.42 bits per heavy atom. The monoisotopic (exact) mass is 414 g/mol. The Morgan fingerprint density at radius 2 is 1.61 bits per heavy atom. The molecule has 0 aromatic heterocycles.